The van der Waals surface area contributed by atoms with Crippen molar-refractivity contribution in [3.63, 3.8) is 0 Å². The maximum Gasteiger partial charge on any atom is 0.0588 e. The van der Waals surface area contributed by atoms with Crippen molar-refractivity contribution in [1.82, 2.24) is 5.32 Å². The van der Waals surface area contributed by atoms with Gasteiger partial charge in [-0.15, -0.1) is 0 Å². The third-order valence-corrected chi connectivity index (χ3v) is 2.78. The van der Waals surface area contributed by atoms with Gasteiger partial charge in [0.05, 0.1) is 6.10 Å². The van der Waals surface area contributed by atoms with E-state index < -0.39 is 0 Å². The Labute approximate surface area is 68.3 Å². The zero-order valence-electron chi connectivity index (χ0n) is 7.18. The molecule has 0 bridgehead atoms. The Morgan fingerprint density at radius 1 is 1.36 bits per heavy atom. The molecule has 1 heterocycles. The topological polar surface area (TPSA) is 21.3 Å². The van der Waals surface area contributed by atoms with Crippen molar-refractivity contribution in [1.29, 1.82) is 0 Å². The van der Waals surface area contributed by atoms with E-state index >= 15 is 0 Å². The summed E-state index contributed by atoms with van der Waals surface area (Å²) in [5, 5.41) is 3.55. The van der Waals surface area contributed by atoms with Crippen LogP contribution in [0.4, 0.5) is 0 Å². The van der Waals surface area contributed by atoms with Crippen LogP contribution in [0.15, 0.2) is 0 Å². The number of nitrogens with one attached hydrogen (secondary N) is 1. The zero-order chi connectivity index (χ0) is 7.68. The summed E-state index contributed by atoms with van der Waals surface area (Å²) in [4.78, 5) is 0. The normalized spacial score (nSPS) is 37.9. The van der Waals surface area contributed by atoms with Crippen molar-refractivity contribution in [2.45, 2.75) is 38.3 Å². The molecule has 0 aromatic rings. The van der Waals surface area contributed by atoms with Crippen LogP contribution in [-0.2, 0) is 4.74 Å². The minimum atomic E-state index is 0.487. The minimum Gasteiger partial charge on any atom is -0.378 e. The van der Waals surface area contributed by atoms with Gasteiger partial charge in [0.15, 0.2) is 0 Å². The van der Waals surface area contributed by atoms with Gasteiger partial charge >= 0.3 is 0 Å². The van der Waals surface area contributed by atoms with E-state index in [1.165, 1.54) is 25.8 Å². The Morgan fingerprint density at radius 3 is 2.73 bits per heavy atom. The highest BCUT2D eigenvalue weighted by atomic mass is 16.5. The van der Waals surface area contributed by atoms with Crippen LogP contribution >= 0.6 is 0 Å². The van der Waals surface area contributed by atoms with Crippen molar-refractivity contribution >= 4 is 0 Å². The molecule has 0 amide bonds. The third-order valence-electron chi connectivity index (χ3n) is 2.78. The summed E-state index contributed by atoms with van der Waals surface area (Å²) in [6, 6.07) is 0.850. The lowest BCUT2D eigenvalue weighted by Crippen LogP contribution is -2.28. The van der Waals surface area contributed by atoms with Gasteiger partial charge in [-0.1, -0.05) is 0 Å². The highest BCUT2D eigenvalue weighted by Crippen LogP contribution is 2.23. The van der Waals surface area contributed by atoms with Crippen LogP contribution in [-0.4, -0.2) is 25.3 Å². The van der Waals surface area contributed by atoms with E-state index in [4.69, 9.17) is 4.74 Å². The van der Waals surface area contributed by atoms with Crippen LogP contribution in [0.1, 0.15) is 26.2 Å². The molecule has 2 rings (SSSR count). The van der Waals surface area contributed by atoms with Crippen LogP contribution in [0.25, 0.3) is 0 Å². The molecular formula is C9H17NO. The van der Waals surface area contributed by atoms with Gasteiger partial charge in [-0.3, -0.25) is 0 Å². The number of hydrogen-bond acceptors (Lipinski definition) is 2. The van der Waals surface area contributed by atoms with Crippen molar-refractivity contribution in [2.24, 2.45) is 5.92 Å². The molecule has 2 heteroatoms. The monoisotopic (exact) mass is 155 g/mol. The van der Waals surface area contributed by atoms with Crippen LogP contribution in [0.5, 0.6) is 0 Å². The fourth-order valence-electron chi connectivity index (χ4n) is 1.65. The molecule has 1 aliphatic heterocycles. The second-order valence-corrected chi connectivity index (χ2v) is 3.81. The molecule has 1 aliphatic carbocycles. The van der Waals surface area contributed by atoms with Gasteiger partial charge in [0.2, 0.25) is 0 Å². The first-order valence-corrected chi connectivity index (χ1v) is 4.71. The van der Waals surface area contributed by atoms with Gasteiger partial charge in [0.1, 0.15) is 0 Å². The Balaban J connectivity index is 1.67. The fourth-order valence-corrected chi connectivity index (χ4v) is 1.65. The van der Waals surface area contributed by atoms with E-state index in [-0.39, 0.29) is 0 Å². The summed E-state index contributed by atoms with van der Waals surface area (Å²) in [6.07, 6.45) is 4.52. The van der Waals surface area contributed by atoms with Crippen molar-refractivity contribution in [3.05, 3.63) is 0 Å². The van der Waals surface area contributed by atoms with Crippen molar-refractivity contribution < 1.29 is 4.74 Å². The Morgan fingerprint density at radius 2 is 2.18 bits per heavy atom. The van der Waals surface area contributed by atoms with Crippen LogP contribution in [0.2, 0.25) is 0 Å². The van der Waals surface area contributed by atoms with Crippen LogP contribution in [0, 0.1) is 5.92 Å². The molecule has 0 aromatic heterocycles. The Kier molecular flexibility index (Phi) is 2.14. The molecule has 2 atom stereocenters. The summed E-state index contributed by atoms with van der Waals surface area (Å²) < 4.78 is 5.48. The number of rotatable bonds is 3. The largest absolute Gasteiger partial charge is 0.378 e. The summed E-state index contributed by atoms with van der Waals surface area (Å²) in [5.41, 5.74) is 0. The van der Waals surface area contributed by atoms with Crippen LogP contribution in [0.3, 0.4) is 0 Å². The van der Waals surface area contributed by atoms with Crippen molar-refractivity contribution in [2.75, 3.05) is 13.2 Å². The molecule has 0 spiro atoms. The lowest BCUT2D eigenvalue weighted by molar-refractivity contribution is 0.105. The predicted molar refractivity (Wildman–Crippen MR) is 44.5 cm³/mol. The summed E-state index contributed by atoms with van der Waals surface area (Å²) in [6.45, 7) is 4.33. The second kappa shape index (κ2) is 3.11. The minimum absolute atomic E-state index is 0.487. The lowest BCUT2D eigenvalue weighted by atomic mass is 10.0. The molecule has 64 valence electrons. The van der Waals surface area contributed by atoms with E-state index in [0.29, 0.717) is 6.10 Å². The van der Waals surface area contributed by atoms with E-state index in [9.17, 15) is 0 Å². The smallest absolute Gasteiger partial charge is 0.0588 e. The second-order valence-electron chi connectivity index (χ2n) is 3.81. The fraction of sp³-hybridized carbons (Fsp3) is 1.00. The van der Waals surface area contributed by atoms with Gasteiger partial charge in [-0.25, -0.2) is 0 Å². The summed E-state index contributed by atoms with van der Waals surface area (Å²) in [7, 11) is 0. The average Bonchev–Trinajstić information content (AvgIpc) is 2.73. The van der Waals surface area contributed by atoms with E-state index in [2.05, 4.69) is 12.2 Å². The quantitative estimate of drug-likeness (QED) is 0.660. The Hall–Kier alpha value is -0.0800. The predicted octanol–water partition coefficient (Wildman–Crippen LogP) is 1.16. The van der Waals surface area contributed by atoms with Gasteiger partial charge in [0.25, 0.3) is 0 Å². The average molecular weight is 155 g/mol. The molecule has 0 radical (unpaired) electrons. The number of ether oxygens (including phenoxy) is 1. The highest BCUT2D eigenvalue weighted by molar-refractivity contribution is 4.84. The maximum atomic E-state index is 5.48. The molecular weight excluding hydrogens is 138 g/mol. The molecule has 1 N–H and O–H groups in total. The SMILES string of the molecule is CC1OCCC1CNC1CC1. The van der Waals surface area contributed by atoms with Gasteiger partial charge in [-0.2, -0.15) is 0 Å². The lowest BCUT2D eigenvalue weighted by Gasteiger charge is -2.13. The molecule has 2 aliphatic rings. The summed E-state index contributed by atoms with van der Waals surface area (Å²) >= 11 is 0. The van der Waals surface area contributed by atoms with Gasteiger partial charge in [-0.05, 0) is 32.1 Å². The van der Waals surface area contributed by atoms with Gasteiger partial charge in [0, 0.05) is 19.2 Å². The standard InChI is InChI=1S/C9H17NO/c1-7-8(4-5-11-7)6-10-9-2-3-9/h7-10H,2-6H2,1H3. The van der Waals surface area contributed by atoms with E-state index in [1.807, 2.05) is 0 Å². The molecule has 11 heavy (non-hydrogen) atoms. The first-order chi connectivity index (χ1) is 5.36. The van der Waals surface area contributed by atoms with E-state index in [1.54, 1.807) is 0 Å². The maximum absolute atomic E-state index is 5.48. The molecule has 0 aromatic carbocycles. The summed E-state index contributed by atoms with van der Waals surface area (Å²) in [5.74, 6) is 0.774. The van der Waals surface area contributed by atoms with Gasteiger partial charge < -0.3 is 10.1 Å². The molecule has 1 saturated carbocycles. The molecule has 2 fully saturated rings. The molecule has 2 unspecified atom stereocenters. The third kappa shape index (κ3) is 1.94. The molecule has 1 saturated heterocycles. The number of hydrogen-bond donors (Lipinski definition) is 1. The highest BCUT2D eigenvalue weighted by Gasteiger charge is 2.27. The first-order valence-electron chi connectivity index (χ1n) is 4.71. The van der Waals surface area contributed by atoms with Crippen molar-refractivity contribution in [3.8, 4) is 0 Å². The first kappa shape index (κ1) is 7.56. The van der Waals surface area contributed by atoms with E-state index in [0.717, 1.165) is 18.6 Å². The zero-order valence-corrected chi connectivity index (χ0v) is 7.18. The van der Waals surface area contributed by atoms with Crippen LogP contribution < -0.4 is 5.32 Å². The Bertz CT molecular complexity index is 134. The molecule has 2 nitrogen and oxygen atoms in total.